The lowest BCUT2D eigenvalue weighted by Gasteiger charge is -2.36. The molecule has 1 saturated carbocycles. The topological polar surface area (TPSA) is 109 Å². The molecule has 0 amide bonds. The van der Waals surface area contributed by atoms with Crippen LogP contribution in [0.3, 0.4) is 0 Å². The van der Waals surface area contributed by atoms with E-state index < -0.39 is 5.60 Å². The van der Waals surface area contributed by atoms with Gasteiger partial charge in [-0.05, 0) is 19.3 Å². The molecule has 2 heterocycles. The minimum atomic E-state index is -0.624. The van der Waals surface area contributed by atoms with E-state index in [4.69, 9.17) is 10.5 Å². The van der Waals surface area contributed by atoms with E-state index in [0.29, 0.717) is 31.7 Å². The predicted molar refractivity (Wildman–Crippen MR) is 74.6 cm³/mol. The smallest absolute Gasteiger partial charge is 0.232 e. The van der Waals surface area contributed by atoms with Gasteiger partial charge in [0, 0.05) is 19.6 Å². The van der Waals surface area contributed by atoms with E-state index in [1.54, 1.807) is 0 Å². The fourth-order valence-electron chi connectivity index (χ4n) is 2.37. The number of aromatic nitrogens is 3. The predicted octanol–water partition coefficient (Wildman–Crippen LogP) is -0.383. The number of rotatable bonds is 4. The Hall–Kier alpha value is -1.67. The molecule has 0 aromatic carbocycles. The lowest BCUT2D eigenvalue weighted by molar-refractivity contribution is -0.0203. The zero-order valence-corrected chi connectivity index (χ0v) is 11.4. The van der Waals surface area contributed by atoms with E-state index in [2.05, 4.69) is 20.3 Å². The summed E-state index contributed by atoms with van der Waals surface area (Å²) in [6.45, 7) is 3.25. The third-order valence-electron chi connectivity index (χ3n) is 3.79. The summed E-state index contributed by atoms with van der Waals surface area (Å²) < 4.78 is 5.30. The maximum absolute atomic E-state index is 10.1. The molecule has 0 radical (unpaired) electrons. The van der Waals surface area contributed by atoms with Crippen LogP contribution in [0.1, 0.15) is 19.3 Å². The summed E-state index contributed by atoms with van der Waals surface area (Å²) in [5.41, 5.74) is 5.10. The van der Waals surface area contributed by atoms with Crippen LogP contribution >= 0.6 is 0 Å². The highest BCUT2D eigenvalue weighted by Gasteiger charge is 2.34. The molecule has 1 aliphatic heterocycles. The van der Waals surface area contributed by atoms with E-state index in [1.165, 1.54) is 0 Å². The van der Waals surface area contributed by atoms with Gasteiger partial charge in [0.1, 0.15) is 0 Å². The number of morpholine rings is 1. The second kappa shape index (κ2) is 5.37. The monoisotopic (exact) mass is 280 g/mol. The molecule has 1 aliphatic carbocycles. The highest BCUT2D eigenvalue weighted by atomic mass is 16.5. The first-order chi connectivity index (χ1) is 9.65. The molecule has 20 heavy (non-hydrogen) atoms. The minimum Gasteiger partial charge on any atom is -0.388 e. The number of aliphatic hydroxyl groups is 1. The van der Waals surface area contributed by atoms with Crippen LogP contribution in [-0.2, 0) is 4.74 Å². The summed E-state index contributed by atoms with van der Waals surface area (Å²) in [7, 11) is 0. The van der Waals surface area contributed by atoms with Gasteiger partial charge in [-0.1, -0.05) is 0 Å². The Morgan fingerprint density at radius 3 is 2.65 bits per heavy atom. The zero-order chi connectivity index (χ0) is 14.0. The van der Waals surface area contributed by atoms with E-state index in [-0.39, 0.29) is 5.95 Å². The lowest BCUT2D eigenvalue weighted by atomic mass is 9.80. The van der Waals surface area contributed by atoms with Crippen molar-refractivity contribution in [3.05, 3.63) is 0 Å². The van der Waals surface area contributed by atoms with E-state index in [9.17, 15) is 5.11 Å². The Balaban J connectivity index is 1.69. The number of nitrogen functional groups attached to an aromatic ring is 1. The van der Waals surface area contributed by atoms with Gasteiger partial charge in [-0.3, -0.25) is 0 Å². The van der Waals surface area contributed by atoms with Gasteiger partial charge in [-0.2, -0.15) is 15.0 Å². The van der Waals surface area contributed by atoms with Gasteiger partial charge in [-0.15, -0.1) is 0 Å². The second-order valence-electron chi connectivity index (χ2n) is 5.35. The van der Waals surface area contributed by atoms with Crippen LogP contribution in [0.4, 0.5) is 17.8 Å². The fourth-order valence-corrected chi connectivity index (χ4v) is 2.37. The molecule has 2 fully saturated rings. The van der Waals surface area contributed by atoms with Crippen molar-refractivity contribution in [2.75, 3.05) is 48.8 Å². The van der Waals surface area contributed by atoms with Crippen molar-refractivity contribution in [2.24, 2.45) is 0 Å². The molecule has 4 N–H and O–H groups in total. The molecule has 0 unspecified atom stereocenters. The summed E-state index contributed by atoms with van der Waals surface area (Å²) in [5, 5.41) is 13.1. The normalized spacial score (nSPS) is 21.4. The van der Waals surface area contributed by atoms with Crippen molar-refractivity contribution in [1.82, 2.24) is 15.0 Å². The Kier molecular flexibility index (Phi) is 3.58. The Labute approximate surface area is 117 Å². The fraction of sp³-hybridized carbons (Fsp3) is 0.750. The highest BCUT2D eigenvalue weighted by molar-refractivity contribution is 5.42. The number of anilines is 3. The second-order valence-corrected chi connectivity index (χ2v) is 5.35. The Morgan fingerprint density at radius 1 is 1.25 bits per heavy atom. The molecule has 1 aromatic heterocycles. The first-order valence-electron chi connectivity index (χ1n) is 6.95. The number of nitrogens with two attached hydrogens (primary N) is 1. The Bertz CT molecular complexity index is 473. The molecule has 2 aliphatic rings. The molecular weight excluding hydrogens is 260 g/mol. The number of nitrogens with one attached hydrogen (secondary N) is 1. The first-order valence-corrected chi connectivity index (χ1v) is 6.95. The molecule has 0 bridgehead atoms. The van der Waals surface area contributed by atoms with Gasteiger partial charge < -0.3 is 25.8 Å². The maximum atomic E-state index is 10.1. The summed E-state index contributed by atoms with van der Waals surface area (Å²) in [6.07, 6.45) is 2.70. The molecule has 0 spiro atoms. The van der Waals surface area contributed by atoms with Crippen molar-refractivity contribution < 1.29 is 9.84 Å². The van der Waals surface area contributed by atoms with Gasteiger partial charge in [0.05, 0.1) is 18.8 Å². The molecule has 1 saturated heterocycles. The molecule has 1 aromatic rings. The van der Waals surface area contributed by atoms with Crippen LogP contribution in [0.5, 0.6) is 0 Å². The molecular formula is C12H20N6O2. The minimum absolute atomic E-state index is 0.185. The average molecular weight is 280 g/mol. The quantitative estimate of drug-likeness (QED) is 0.684. The van der Waals surface area contributed by atoms with E-state index in [1.807, 2.05) is 4.90 Å². The summed E-state index contributed by atoms with van der Waals surface area (Å²) in [6, 6.07) is 0. The van der Waals surface area contributed by atoms with Crippen LogP contribution in [0.2, 0.25) is 0 Å². The third kappa shape index (κ3) is 2.91. The molecule has 110 valence electrons. The lowest BCUT2D eigenvalue weighted by Crippen LogP contribution is -2.43. The van der Waals surface area contributed by atoms with Crippen LogP contribution in [0.15, 0.2) is 0 Å². The molecule has 0 atom stereocenters. The van der Waals surface area contributed by atoms with Crippen molar-refractivity contribution in [2.45, 2.75) is 24.9 Å². The Morgan fingerprint density at radius 2 is 2.00 bits per heavy atom. The van der Waals surface area contributed by atoms with Crippen molar-refractivity contribution >= 4 is 17.8 Å². The average Bonchev–Trinajstić information content (AvgIpc) is 2.43. The van der Waals surface area contributed by atoms with Crippen molar-refractivity contribution in [1.29, 1.82) is 0 Å². The van der Waals surface area contributed by atoms with E-state index in [0.717, 1.165) is 32.4 Å². The number of hydrogen-bond donors (Lipinski definition) is 3. The summed E-state index contributed by atoms with van der Waals surface area (Å²) >= 11 is 0. The van der Waals surface area contributed by atoms with Gasteiger partial charge in [0.15, 0.2) is 0 Å². The van der Waals surface area contributed by atoms with Gasteiger partial charge in [0.25, 0.3) is 0 Å². The number of hydrogen-bond acceptors (Lipinski definition) is 8. The summed E-state index contributed by atoms with van der Waals surface area (Å²) in [4.78, 5) is 14.6. The number of nitrogens with zero attached hydrogens (tertiary/aromatic N) is 4. The van der Waals surface area contributed by atoms with Crippen LogP contribution < -0.4 is 16.0 Å². The molecule has 8 nitrogen and oxygen atoms in total. The van der Waals surface area contributed by atoms with Crippen LogP contribution in [0.25, 0.3) is 0 Å². The van der Waals surface area contributed by atoms with Gasteiger partial charge in [-0.25, -0.2) is 0 Å². The first kappa shape index (κ1) is 13.3. The largest absolute Gasteiger partial charge is 0.388 e. The molecule has 3 rings (SSSR count). The summed E-state index contributed by atoms with van der Waals surface area (Å²) in [5.74, 6) is 1.16. The SMILES string of the molecule is Nc1nc(NCC2(O)CCC2)nc(N2CCOCC2)n1. The zero-order valence-electron chi connectivity index (χ0n) is 11.4. The standard InChI is InChI=1S/C12H20N6O2/c13-9-15-10(14-8-12(19)2-1-3-12)17-11(16-9)18-4-6-20-7-5-18/h19H,1-8H2,(H3,13,14,15,16,17). The van der Waals surface area contributed by atoms with Crippen molar-refractivity contribution in [3.8, 4) is 0 Å². The third-order valence-corrected chi connectivity index (χ3v) is 3.79. The van der Waals surface area contributed by atoms with E-state index >= 15 is 0 Å². The van der Waals surface area contributed by atoms with Gasteiger partial charge in [0.2, 0.25) is 17.8 Å². The van der Waals surface area contributed by atoms with Gasteiger partial charge >= 0.3 is 0 Å². The van der Waals surface area contributed by atoms with Crippen LogP contribution in [-0.4, -0.2) is 58.5 Å². The van der Waals surface area contributed by atoms with Crippen molar-refractivity contribution in [3.63, 3.8) is 0 Å². The van der Waals surface area contributed by atoms with Crippen LogP contribution in [0, 0.1) is 0 Å². The molecule has 8 heteroatoms. The maximum Gasteiger partial charge on any atom is 0.232 e. The highest BCUT2D eigenvalue weighted by Crippen LogP contribution is 2.31. The number of ether oxygens (including phenoxy) is 1.